The SMILES string of the molecule is C/C=C/CC[C@H](O)c1ccccc1. The second-order valence-corrected chi connectivity index (χ2v) is 3.07. The highest BCUT2D eigenvalue weighted by atomic mass is 16.3. The summed E-state index contributed by atoms with van der Waals surface area (Å²) in [6.07, 6.45) is 5.50. The Hall–Kier alpha value is -1.08. The maximum Gasteiger partial charge on any atom is 0.0793 e. The summed E-state index contributed by atoms with van der Waals surface area (Å²) in [4.78, 5) is 0. The molecule has 0 saturated carbocycles. The molecule has 0 unspecified atom stereocenters. The Morgan fingerprint density at radius 1 is 1.31 bits per heavy atom. The summed E-state index contributed by atoms with van der Waals surface area (Å²) in [5, 5.41) is 9.71. The number of rotatable bonds is 4. The molecule has 1 nitrogen and oxygen atoms in total. The van der Waals surface area contributed by atoms with Crippen molar-refractivity contribution >= 4 is 0 Å². The third kappa shape index (κ3) is 3.43. The van der Waals surface area contributed by atoms with E-state index in [4.69, 9.17) is 0 Å². The van der Waals surface area contributed by atoms with E-state index in [1.165, 1.54) is 0 Å². The minimum atomic E-state index is -0.322. The first-order valence-electron chi connectivity index (χ1n) is 4.68. The van der Waals surface area contributed by atoms with Crippen LogP contribution in [-0.4, -0.2) is 5.11 Å². The van der Waals surface area contributed by atoms with Crippen LogP contribution in [0.3, 0.4) is 0 Å². The predicted octanol–water partition coefficient (Wildman–Crippen LogP) is 3.08. The van der Waals surface area contributed by atoms with Gasteiger partial charge in [-0.3, -0.25) is 0 Å². The number of hydrogen-bond acceptors (Lipinski definition) is 1. The summed E-state index contributed by atoms with van der Waals surface area (Å²) in [5.74, 6) is 0. The van der Waals surface area contributed by atoms with Crippen LogP contribution in [0.4, 0.5) is 0 Å². The lowest BCUT2D eigenvalue weighted by atomic mass is 10.1. The van der Waals surface area contributed by atoms with E-state index >= 15 is 0 Å². The summed E-state index contributed by atoms with van der Waals surface area (Å²) in [6, 6.07) is 9.78. The molecule has 0 fully saturated rings. The fourth-order valence-corrected chi connectivity index (χ4v) is 1.26. The highest BCUT2D eigenvalue weighted by Crippen LogP contribution is 2.17. The molecule has 0 bridgehead atoms. The molecule has 0 radical (unpaired) electrons. The zero-order chi connectivity index (χ0) is 9.52. The topological polar surface area (TPSA) is 20.2 Å². The molecule has 0 saturated heterocycles. The molecular formula is C12H16O. The molecule has 1 atom stereocenters. The Bertz CT molecular complexity index is 251. The van der Waals surface area contributed by atoms with E-state index in [2.05, 4.69) is 6.08 Å². The second kappa shape index (κ2) is 5.55. The van der Waals surface area contributed by atoms with Crippen LogP contribution in [0.2, 0.25) is 0 Å². The Morgan fingerprint density at radius 3 is 2.62 bits per heavy atom. The standard InChI is InChI=1S/C12H16O/c1-2-3-5-10-12(13)11-8-6-4-7-9-11/h2-4,6-9,12-13H,5,10H2,1H3/b3-2+/t12-/m0/s1. The smallest absolute Gasteiger partial charge is 0.0793 e. The van der Waals surface area contributed by atoms with Gasteiger partial charge in [0.05, 0.1) is 6.10 Å². The number of hydrogen-bond donors (Lipinski definition) is 1. The first kappa shape index (κ1) is 10.0. The van der Waals surface area contributed by atoms with Crippen LogP contribution in [0.1, 0.15) is 31.4 Å². The van der Waals surface area contributed by atoms with Gasteiger partial charge in [-0.15, -0.1) is 0 Å². The molecule has 1 heteroatoms. The van der Waals surface area contributed by atoms with Gasteiger partial charge in [0.25, 0.3) is 0 Å². The fraction of sp³-hybridized carbons (Fsp3) is 0.333. The summed E-state index contributed by atoms with van der Waals surface area (Å²) in [6.45, 7) is 1.99. The van der Waals surface area contributed by atoms with E-state index in [-0.39, 0.29) is 6.10 Å². The molecule has 0 heterocycles. The highest BCUT2D eigenvalue weighted by molar-refractivity contribution is 5.17. The third-order valence-corrected chi connectivity index (χ3v) is 2.03. The average Bonchev–Trinajstić information content (AvgIpc) is 2.19. The Labute approximate surface area is 79.7 Å². The van der Waals surface area contributed by atoms with Gasteiger partial charge in [0.15, 0.2) is 0 Å². The van der Waals surface area contributed by atoms with Crippen LogP contribution in [0.25, 0.3) is 0 Å². The molecular weight excluding hydrogens is 160 g/mol. The molecule has 70 valence electrons. The zero-order valence-corrected chi connectivity index (χ0v) is 7.98. The van der Waals surface area contributed by atoms with E-state index in [9.17, 15) is 5.11 Å². The molecule has 0 aromatic heterocycles. The molecule has 1 N–H and O–H groups in total. The molecule has 1 aromatic carbocycles. The van der Waals surface area contributed by atoms with Gasteiger partial charge < -0.3 is 5.11 Å². The molecule has 1 aromatic rings. The number of benzene rings is 1. The summed E-state index contributed by atoms with van der Waals surface area (Å²) >= 11 is 0. The minimum Gasteiger partial charge on any atom is -0.388 e. The zero-order valence-electron chi connectivity index (χ0n) is 7.98. The molecule has 0 aliphatic heterocycles. The average molecular weight is 176 g/mol. The van der Waals surface area contributed by atoms with Crippen molar-refractivity contribution in [1.82, 2.24) is 0 Å². The van der Waals surface area contributed by atoms with Crippen LogP contribution in [-0.2, 0) is 0 Å². The quantitative estimate of drug-likeness (QED) is 0.699. The molecule has 0 spiro atoms. The minimum absolute atomic E-state index is 0.322. The summed E-state index contributed by atoms with van der Waals surface area (Å²) in [5.41, 5.74) is 1.01. The molecule has 0 aliphatic rings. The number of allylic oxidation sites excluding steroid dienone is 2. The Balaban J connectivity index is 2.44. The van der Waals surface area contributed by atoms with Crippen LogP contribution in [0.15, 0.2) is 42.5 Å². The van der Waals surface area contributed by atoms with Gasteiger partial charge in [-0.05, 0) is 25.3 Å². The van der Waals surface area contributed by atoms with Crippen LogP contribution >= 0.6 is 0 Å². The lowest BCUT2D eigenvalue weighted by molar-refractivity contribution is 0.169. The third-order valence-electron chi connectivity index (χ3n) is 2.03. The van der Waals surface area contributed by atoms with Gasteiger partial charge in [-0.1, -0.05) is 42.5 Å². The second-order valence-electron chi connectivity index (χ2n) is 3.07. The van der Waals surface area contributed by atoms with Gasteiger partial charge in [-0.25, -0.2) is 0 Å². The summed E-state index contributed by atoms with van der Waals surface area (Å²) in [7, 11) is 0. The fourth-order valence-electron chi connectivity index (χ4n) is 1.26. The van der Waals surface area contributed by atoms with Crippen molar-refractivity contribution in [1.29, 1.82) is 0 Å². The molecule has 13 heavy (non-hydrogen) atoms. The van der Waals surface area contributed by atoms with Gasteiger partial charge in [0.1, 0.15) is 0 Å². The van der Waals surface area contributed by atoms with Crippen molar-refractivity contribution in [2.75, 3.05) is 0 Å². The lowest BCUT2D eigenvalue weighted by Crippen LogP contribution is -1.95. The highest BCUT2D eigenvalue weighted by Gasteiger charge is 2.03. The molecule has 0 aliphatic carbocycles. The van der Waals surface area contributed by atoms with Crippen LogP contribution in [0, 0.1) is 0 Å². The lowest BCUT2D eigenvalue weighted by Gasteiger charge is -2.08. The predicted molar refractivity (Wildman–Crippen MR) is 55.4 cm³/mol. The number of aliphatic hydroxyl groups is 1. The molecule has 1 rings (SSSR count). The normalized spacial score (nSPS) is 13.4. The largest absolute Gasteiger partial charge is 0.388 e. The van der Waals surface area contributed by atoms with E-state index in [1.807, 2.05) is 43.3 Å². The molecule has 0 amide bonds. The Morgan fingerprint density at radius 2 is 2.00 bits per heavy atom. The first-order chi connectivity index (χ1) is 6.34. The van der Waals surface area contributed by atoms with Crippen molar-refractivity contribution in [3.05, 3.63) is 48.0 Å². The monoisotopic (exact) mass is 176 g/mol. The maximum atomic E-state index is 9.71. The van der Waals surface area contributed by atoms with Crippen molar-refractivity contribution in [2.45, 2.75) is 25.9 Å². The maximum absolute atomic E-state index is 9.71. The van der Waals surface area contributed by atoms with Crippen molar-refractivity contribution in [3.63, 3.8) is 0 Å². The van der Waals surface area contributed by atoms with E-state index in [0.717, 1.165) is 18.4 Å². The number of aliphatic hydroxyl groups excluding tert-OH is 1. The van der Waals surface area contributed by atoms with Gasteiger partial charge in [0, 0.05) is 0 Å². The van der Waals surface area contributed by atoms with Crippen molar-refractivity contribution in [2.24, 2.45) is 0 Å². The summed E-state index contributed by atoms with van der Waals surface area (Å²) < 4.78 is 0. The van der Waals surface area contributed by atoms with Crippen LogP contribution in [0.5, 0.6) is 0 Å². The van der Waals surface area contributed by atoms with Crippen molar-refractivity contribution < 1.29 is 5.11 Å². The van der Waals surface area contributed by atoms with E-state index in [1.54, 1.807) is 0 Å². The van der Waals surface area contributed by atoms with Gasteiger partial charge >= 0.3 is 0 Å². The Kier molecular flexibility index (Phi) is 4.27. The van der Waals surface area contributed by atoms with Gasteiger partial charge in [0.2, 0.25) is 0 Å². The van der Waals surface area contributed by atoms with Gasteiger partial charge in [-0.2, -0.15) is 0 Å². The first-order valence-corrected chi connectivity index (χ1v) is 4.68. The van der Waals surface area contributed by atoms with Crippen molar-refractivity contribution in [3.8, 4) is 0 Å². The van der Waals surface area contributed by atoms with E-state index < -0.39 is 0 Å². The van der Waals surface area contributed by atoms with Crippen LogP contribution < -0.4 is 0 Å². The van der Waals surface area contributed by atoms with E-state index in [0.29, 0.717) is 0 Å².